The Bertz CT molecular complexity index is 207. The van der Waals surface area contributed by atoms with Crippen molar-refractivity contribution in [3.8, 4) is 0 Å². The van der Waals surface area contributed by atoms with E-state index < -0.39 is 6.09 Å². The highest BCUT2D eigenvalue weighted by Crippen LogP contribution is 2.12. The number of hydrogen-bond acceptors (Lipinski definition) is 3. The lowest BCUT2D eigenvalue weighted by Gasteiger charge is -2.13. The van der Waals surface area contributed by atoms with Gasteiger partial charge >= 0.3 is 6.09 Å². The van der Waals surface area contributed by atoms with Crippen molar-refractivity contribution in [3.63, 3.8) is 0 Å². The molecule has 2 amide bonds. The SMILES string of the molecule is CCC(Br)C(=O)N1CCOC1=O. The Labute approximate surface area is 79.0 Å². The van der Waals surface area contributed by atoms with Gasteiger partial charge in [-0.2, -0.15) is 0 Å². The van der Waals surface area contributed by atoms with Crippen LogP contribution in [0.2, 0.25) is 0 Å². The molecule has 0 spiro atoms. The Morgan fingerprint density at radius 2 is 2.50 bits per heavy atom. The molecule has 0 radical (unpaired) electrons. The normalized spacial score (nSPS) is 19.2. The Balaban J connectivity index is 2.57. The maximum atomic E-state index is 11.4. The second-order valence-corrected chi connectivity index (χ2v) is 3.59. The largest absolute Gasteiger partial charge is 0.447 e. The number of hydrogen-bond donors (Lipinski definition) is 0. The van der Waals surface area contributed by atoms with Crippen molar-refractivity contribution in [2.45, 2.75) is 18.2 Å². The molecule has 12 heavy (non-hydrogen) atoms. The summed E-state index contributed by atoms with van der Waals surface area (Å²) in [5.41, 5.74) is 0. The summed E-state index contributed by atoms with van der Waals surface area (Å²) in [5, 5.41) is 0. The minimum atomic E-state index is -0.530. The average Bonchev–Trinajstić information content (AvgIpc) is 2.48. The van der Waals surface area contributed by atoms with Gasteiger partial charge in [-0.3, -0.25) is 4.79 Å². The Hall–Kier alpha value is -0.580. The molecule has 0 saturated carbocycles. The van der Waals surface area contributed by atoms with E-state index in [2.05, 4.69) is 20.7 Å². The quantitative estimate of drug-likeness (QED) is 0.675. The molecule has 0 N–H and O–H groups in total. The molecule has 0 aromatic rings. The van der Waals surface area contributed by atoms with Gasteiger partial charge in [0.1, 0.15) is 6.61 Å². The fourth-order valence-corrected chi connectivity index (χ4v) is 1.18. The molecular weight excluding hydrogens is 226 g/mol. The third-order valence-electron chi connectivity index (χ3n) is 1.65. The number of halogens is 1. The van der Waals surface area contributed by atoms with Crippen molar-refractivity contribution in [2.24, 2.45) is 0 Å². The van der Waals surface area contributed by atoms with E-state index >= 15 is 0 Å². The van der Waals surface area contributed by atoms with E-state index in [0.717, 1.165) is 4.90 Å². The van der Waals surface area contributed by atoms with Crippen LogP contribution < -0.4 is 0 Å². The number of cyclic esters (lactones) is 1. The molecule has 1 rings (SSSR count). The predicted octanol–water partition coefficient (Wildman–Crippen LogP) is 1.14. The number of imide groups is 1. The zero-order chi connectivity index (χ0) is 9.14. The van der Waals surface area contributed by atoms with Crippen molar-refractivity contribution >= 4 is 27.9 Å². The van der Waals surface area contributed by atoms with E-state index in [1.54, 1.807) is 0 Å². The molecule has 0 aliphatic carbocycles. The highest BCUT2D eigenvalue weighted by molar-refractivity contribution is 9.10. The van der Waals surface area contributed by atoms with Gasteiger partial charge in [0, 0.05) is 0 Å². The van der Waals surface area contributed by atoms with Gasteiger partial charge in [0.05, 0.1) is 11.4 Å². The van der Waals surface area contributed by atoms with Crippen molar-refractivity contribution in [3.05, 3.63) is 0 Å². The van der Waals surface area contributed by atoms with Crippen molar-refractivity contribution < 1.29 is 14.3 Å². The first-order chi connectivity index (χ1) is 5.66. The van der Waals surface area contributed by atoms with Crippen LogP contribution in [0.4, 0.5) is 4.79 Å². The van der Waals surface area contributed by atoms with Crippen molar-refractivity contribution in [1.82, 2.24) is 4.90 Å². The molecule has 5 heteroatoms. The molecule has 1 atom stereocenters. The highest BCUT2D eigenvalue weighted by atomic mass is 79.9. The molecule has 1 aliphatic heterocycles. The van der Waals surface area contributed by atoms with Gasteiger partial charge in [0.2, 0.25) is 5.91 Å². The lowest BCUT2D eigenvalue weighted by molar-refractivity contribution is -0.127. The topological polar surface area (TPSA) is 46.6 Å². The molecule has 68 valence electrons. The van der Waals surface area contributed by atoms with Crippen LogP contribution in [-0.4, -0.2) is 34.9 Å². The van der Waals surface area contributed by atoms with Crippen LogP contribution in [0.15, 0.2) is 0 Å². The molecule has 1 saturated heterocycles. The van der Waals surface area contributed by atoms with E-state index in [9.17, 15) is 9.59 Å². The lowest BCUT2D eigenvalue weighted by Crippen LogP contribution is -2.36. The monoisotopic (exact) mass is 235 g/mol. The number of carbonyl (C=O) groups excluding carboxylic acids is 2. The first kappa shape index (κ1) is 9.51. The number of rotatable bonds is 2. The van der Waals surface area contributed by atoms with Gasteiger partial charge in [-0.15, -0.1) is 0 Å². The van der Waals surface area contributed by atoms with E-state index in [1.807, 2.05) is 6.92 Å². The van der Waals surface area contributed by atoms with Gasteiger partial charge in [0.25, 0.3) is 0 Å². The third-order valence-corrected chi connectivity index (χ3v) is 2.69. The maximum absolute atomic E-state index is 11.4. The first-order valence-electron chi connectivity index (χ1n) is 3.79. The van der Waals surface area contributed by atoms with Gasteiger partial charge in [-0.25, -0.2) is 9.69 Å². The summed E-state index contributed by atoms with van der Waals surface area (Å²) in [6.07, 6.45) is 0.140. The zero-order valence-corrected chi connectivity index (χ0v) is 8.33. The number of carbonyl (C=O) groups is 2. The molecule has 0 aromatic heterocycles. The molecule has 1 heterocycles. The van der Waals surface area contributed by atoms with Crippen molar-refractivity contribution in [1.29, 1.82) is 0 Å². The molecule has 1 fully saturated rings. The third kappa shape index (κ3) is 1.77. The van der Waals surface area contributed by atoms with E-state index in [1.165, 1.54) is 0 Å². The summed E-state index contributed by atoms with van der Waals surface area (Å²) in [5.74, 6) is -0.208. The van der Waals surface area contributed by atoms with Crippen LogP contribution in [0.25, 0.3) is 0 Å². The number of ether oxygens (including phenoxy) is 1. The lowest BCUT2D eigenvalue weighted by atomic mass is 10.3. The zero-order valence-electron chi connectivity index (χ0n) is 6.75. The number of alkyl halides is 1. The van der Waals surface area contributed by atoms with Crippen LogP contribution in [0.3, 0.4) is 0 Å². The summed E-state index contributed by atoms with van der Waals surface area (Å²) in [6, 6.07) is 0. The predicted molar refractivity (Wildman–Crippen MR) is 46.1 cm³/mol. The fraction of sp³-hybridized carbons (Fsp3) is 0.714. The maximum Gasteiger partial charge on any atom is 0.416 e. The van der Waals surface area contributed by atoms with Crippen LogP contribution in [-0.2, 0) is 9.53 Å². The molecule has 1 unspecified atom stereocenters. The van der Waals surface area contributed by atoms with Gasteiger partial charge in [0.15, 0.2) is 0 Å². The van der Waals surface area contributed by atoms with Gasteiger partial charge < -0.3 is 4.74 Å². The van der Waals surface area contributed by atoms with Crippen LogP contribution in [0.5, 0.6) is 0 Å². The summed E-state index contributed by atoms with van der Waals surface area (Å²) in [7, 11) is 0. The van der Waals surface area contributed by atoms with Gasteiger partial charge in [-0.05, 0) is 6.42 Å². The Kier molecular flexibility index (Phi) is 3.08. The standard InChI is InChI=1S/C7H10BrNO3/c1-2-5(8)6(10)9-3-4-12-7(9)11/h5H,2-4H2,1H3. The van der Waals surface area contributed by atoms with Crippen molar-refractivity contribution in [2.75, 3.05) is 13.2 Å². The Morgan fingerprint density at radius 3 is 2.92 bits per heavy atom. The summed E-state index contributed by atoms with van der Waals surface area (Å²) >= 11 is 3.18. The molecule has 1 aliphatic rings. The van der Waals surface area contributed by atoms with E-state index in [4.69, 9.17) is 0 Å². The van der Waals surface area contributed by atoms with E-state index in [0.29, 0.717) is 19.6 Å². The molecular formula is C7H10BrNO3. The van der Waals surface area contributed by atoms with Crippen LogP contribution in [0.1, 0.15) is 13.3 Å². The fourth-order valence-electron chi connectivity index (χ4n) is 0.937. The smallest absolute Gasteiger partial charge is 0.416 e. The second-order valence-electron chi connectivity index (χ2n) is 2.48. The van der Waals surface area contributed by atoms with Crippen LogP contribution in [0, 0.1) is 0 Å². The Morgan fingerprint density at radius 1 is 1.83 bits per heavy atom. The number of amides is 2. The highest BCUT2D eigenvalue weighted by Gasteiger charge is 2.31. The van der Waals surface area contributed by atoms with Crippen LogP contribution >= 0.6 is 15.9 Å². The summed E-state index contributed by atoms with van der Waals surface area (Å²) in [6.45, 7) is 2.56. The van der Waals surface area contributed by atoms with Gasteiger partial charge in [-0.1, -0.05) is 22.9 Å². The molecule has 0 bridgehead atoms. The minimum Gasteiger partial charge on any atom is -0.447 e. The second kappa shape index (κ2) is 3.89. The average molecular weight is 236 g/mol. The van der Waals surface area contributed by atoms with E-state index in [-0.39, 0.29) is 10.7 Å². The summed E-state index contributed by atoms with van der Waals surface area (Å²) in [4.78, 5) is 23.1. The first-order valence-corrected chi connectivity index (χ1v) is 4.70. The summed E-state index contributed by atoms with van der Waals surface area (Å²) < 4.78 is 4.63. The minimum absolute atomic E-state index is 0.208. The molecule has 0 aromatic carbocycles. The molecule has 4 nitrogen and oxygen atoms in total. The number of nitrogens with zero attached hydrogens (tertiary/aromatic N) is 1.